The minimum atomic E-state index is -0.547. The maximum Gasteiger partial charge on any atom is 0.348 e. The van der Waals surface area contributed by atoms with Crippen molar-refractivity contribution in [1.82, 2.24) is 14.3 Å². The van der Waals surface area contributed by atoms with E-state index >= 15 is 0 Å². The summed E-state index contributed by atoms with van der Waals surface area (Å²) in [6, 6.07) is 24.3. The summed E-state index contributed by atoms with van der Waals surface area (Å²) in [4.78, 5) is 26.1. The molecule has 0 spiro atoms. The molecule has 4 rings (SSSR count). The van der Waals surface area contributed by atoms with E-state index in [-0.39, 0.29) is 18.8 Å². The molecule has 0 aliphatic rings. The average molecular weight is 387 g/mol. The molecule has 1 heterocycles. The first-order chi connectivity index (χ1) is 14.1. The van der Waals surface area contributed by atoms with Crippen LogP contribution in [0.4, 0.5) is 4.39 Å². The van der Waals surface area contributed by atoms with Crippen molar-refractivity contribution >= 4 is 0 Å². The Morgan fingerprint density at radius 3 is 2.00 bits per heavy atom. The van der Waals surface area contributed by atoms with Gasteiger partial charge in [0.25, 0.3) is 5.56 Å². The fourth-order valence-corrected chi connectivity index (χ4v) is 3.14. The van der Waals surface area contributed by atoms with Crippen molar-refractivity contribution in [2.24, 2.45) is 0 Å². The predicted octanol–water partition coefficient (Wildman–Crippen LogP) is 3.31. The van der Waals surface area contributed by atoms with E-state index in [1.807, 2.05) is 60.7 Å². The molecule has 5 nitrogen and oxygen atoms in total. The number of hydrogen-bond donors (Lipinski definition) is 0. The number of hydrogen-bond acceptors (Lipinski definition) is 3. The Morgan fingerprint density at radius 2 is 1.38 bits per heavy atom. The lowest BCUT2D eigenvalue weighted by atomic mass is 10.1. The molecule has 0 saturated heterocycles. The van der Waals surface area contributed by atoms with E-state index in [0.717, 1.165) is 15.7 Å². The fraction of sp³-hybridized carbons (Fsp3) is 0.0870. The Hall–Kier alpha value is -3.80. The standard InChI is InChI=1S/C23H18FN3O2/c24-20-13-7-12-19(14-20)21-22(28)26(15-17-8-3-1-4-9-17)23(29)27(25-21)16-18-10-5-2-6-11-18/h1-14H,15-16H2. The summed E-state index contributed by atoms with van der Waals surface area (Å²) in [5.41, 5.74) is 0.998. The Labute approximate surface area is 166 Å². The minimum Gasteiger partial charge on any atom is -0.267 e. The topological polar surface area (TPSA) is 56.9 Å². The van der Waals surface area contributed by atoms with E-state index in [2.05, 4.69) is 5.10 Å². The van der Waals surface area contributed by atoms with Crippen LogP contribution in [-0.2, 0) is 13.1 Å². The highest BCUT2D eigenvalue weighted by Gasteiger charge is 2.16. The highest BCUT2D eigenvalue weighted by Crippen LogP contribution is 2.14. The van der Waals surface area contributed by atoms with Gasteiger partial charge >= 0.3 is 5.69 Å². The lowest BCUT2D eigenvalue weighted by Crippen LogP contribution is -2.42. The van der Waals surface area contributed by atoms with Crippen LogP contribution in [-0.4, -0.2) is 14.3 Å². The zero-order valence-corrected chi connectivity index (χ0v) is 15.5. The molecule has 0 unspecified atom stereocenters. The fourth-order valence-electron chi connectivity index (χ4n) is 3.14. The molecule has 6 heteroatoms. The second kappa shape index (κ2) is 8.06. The maximum atomic E-state index is 13.8. The lowest BCUT2D eigenvalue weighted by molar-refractivity contribution is 0.545. The number of aromatic nitrogens is 3. The highest BCUT2D eigenvalue weighted by atomic mass is 19.1. The summed E-state index contributed by atoms with van der Waals surface area (Å²) in [6.45, 7) is 0.315. The van der Waals surface area contributed by atoms with Gasteiger partial charge in [0.15, 0.2) is 5.69 Å². The van der Waals surface area contributed by atoms with Crippen molar-refractivity contribution in [3.8, 4) is 11.3 Å². The van der Waals surface area contributed by atoms with Crippen LogP contribution in [0.3, 0.4) is 0 Å². The molecule has 144 valence electrons. The van der Waals surface area contributed by atoms with Gasteiger partial charge in [0.2, 0.25) is 0 Å². The molecular weight excluding hydrogens is 369 g/mol. The Bertz CT molecular complexity index is 1250. The molecule has 0 aliphatic heterocycles. The highest BCUT2D eigenvalue weighted by molar-refractivity contribution is 5.57. The van der Waals surface area contributed by atoms with Crippen molar-refractivity contribution in [3.05, 3.63) is 123 Å². The third kappa shape index (κ3) is 4.06. The zero-order valence-electron chi connectivity index (χ0n) is 15.5. The van der Waals surface area contributed by atoms with Gasteiger partial charge in [-0.3, -0.25) is 9.36 Å². The summed E-state index contributed by atoms with van der Waals surface area (Å²) in [5, 5.41) is 4.28. The van der Waals surface area contributed by atoms with Gasteiger partial charge in [-0.2, -0.15) is 5.10 Å². The van der Waals surface area contributed by atoms with Crippen LogP contribution in [0.5, 0.6) is 0 Å². The normalized spacial score (nSPS) is 10.8. The molecule has 0 bridgehead atoms. The van der Waals surface area contributed by atoms with Gasteiger partial charge in [0, 0.05) is 5.56 Å². The van der Waals surface area contributed by atoms with Crippen LogP contribution in [0, 0.1) is 5.82 Å². The Balaban J connectivity index is 1.89. The van der Waals surface area contributed by atoms with Crippen molar-refractivity contribution in [3.63, 3.8) is 0 Å². The third-order valence-corrected chi connectivity index (χ3v) is 4.58. The molecule has 0 saturated carbocycles. The molecule has 0 radical (unpaired) electrons. The van der Waals surface area contributed by atoms with Crippen molar-refractivity contribution in [1.29, 1.82) is 0 Å². The molecular formula is C23H18FN3O2. The summed E-state index contributed by atoms with van der Waals surface area (Å²) < 4.78 is 16.1. The monoisotopic (exact) mass is 387 g/mol. The van der Waals surface area contributed by atoms with E-state index in [9.17, 15) is 14.0 Å². The summed E-state index contributed by atoms with van der Waals surface area (Å²) >= 11 is 0. The molecule has 4 aromatic rings. The molecule has 29 heavy (non-hydrogen) atoms. The predicted molar refractivity (Wildman–Crippen MR) is 109 cm³/mol. The van der Waals surface area contributed by atoms with Crippen LogP contribution in [0.25, 0.3) is 11.3 Å². The van der Waals surface area contributed by atoms with Gasteiger partial charge in [-0.1, -0.05) is 72.8 Å². The summed E-state index contributed by atoms with van der Waals surface area (Å²) in [7, 11) is 0. The SMILES string of the molecule is O=c1c(-c2cccc(F)c2)nn(Cc2ccccc2)c(=O)n1Cc1ccccc1. The van der Waals surface area contributed by atoms with E-state index in [4.69, 9.17) is 0 Å². The number of benzene rings is 3. The molecule has 0 atom stereocenters. The third-order valence-electron chi connectivity index (χ3n) is 4.58. The molecule has 0 amide bonds. The van der Waals surface area contributed by atoms with Crippen molar-refractivity contribution in [2.75, 3.05) is 0 Å². The molecule has 1 aromatic heterocycles. The number of rotatable bonds is 5. The van der Waals surface area contributed by atoms with E-state index in [1.54, 1.807) is 6.07 Å². The first kappa shape index (κ1) is 18.6. The van der Waals surface area contributed by atoms with Crippen molar-refractivity contribution in [2.45, 2.75) is 13.1 Å². The van der Waals surface area contributed by atoms with Crippen molar-refractivity contribution < 1.29 is 4.39 Å². The first-order valence-corrected chi connectivity index (χ1v) is 9.17. The van der Waals surface area contributed by atoms with Crippen LogP contribution in [0.1, 0.15) is 11.1 Å². The average Bonchev–Trinajstić information content (AvgIpc) is 2.74. The van der Waals surface area contributed by atoms with Gasteiger partial charge in [-0.05, 0) is 23.3 Å². The van der Waals surface area contributed by atoms with Crippen LogP contribution < -0.4 is 11.2 Å². The van der Waals surface area contributed by atoms with Gasteiger partial charge in [0.05, 0.1) is 13.1 Å². The minimum absolute atomic E-state index is 0.0379. The largest absolute Gasteiger partial charge is 0.348 e. The van der Waals surface area contributed by atoms with E-state index in [0.29, 0.717) is 5.56 Å². The van der Waals surface area contributed by atoms with Gasteiger partial charge in [-0.25, -0.2) is 13.9 Å². The quantitative estimate of drug-likeness (QED) is 0.528. The molecule has 0 N–H and O–H groups in total. The summed E-state index contributed by atoms with van der Waals surface area (Å²) in [6.07, 6.45) is 0. The maximum absolute atomic E-state index is 13.8. The van der Waals surface area contributed by atoms with Crippen LogP contribution in [0.15, 0.2) is 94.5 Å². The molecule has 3 aromatic carbocycles. The van der Waals surface area contributed by atoms with E-state index in [1.165, 1.54) is 22.9 Å². The van der Waals surface area contributed by atoms with Crippen LogP contribution in [0.2, 0.25) is 0 Å². The summed E-state index contributed by atoms with van der Waals surface area (Å²) in [5.74, 6) is -0.473. The Morgan fingerprint density at radius 1 is 0.759 bits per heavy atom. The molecule has 0 aliphatic carbocycles. The second-order valence-corrected chi connectivity index (χ2v) is 6.66. The zero-order chi connectivity index (χ0) is 20.2. The molecule has 0 fully saturated rings. The Kier molecular flexibility index (Phi) is 5.16. The van der Waals surface area contributed by atoms with Gasteiger partial charge < -0.3 is 0 Å². The first-order valence-electron chi connectivity index (χ1n) is 9.17. The van der Waals surface area contributed by atoms with E-state index < -0.39 is 17.1 Å². The number of halogens is 1. The van der Waals surface area contributed by atoms with Gasteiger partial charge in [0.1, 0.15) is 5.82 Å². The second-order valence-electron chi connectivity index (χ2n) is 6.66. The number of nitrogens with zero attached hydrogens (tertiary/aromatic N) is 3. The smallest absolute Gasteiger partial charge is 0.267 e. The lowest BCUT2D eigenvalue weighted by Gasteiger charge is -2.12. The van der Waals surface area contributed by atoms with Crippen LogP contribution >= 0.6 is 0 Å². The van der Waals surface area contributed by atoms with Gasteiger partial charge in [-0.15, -0.1) is 0 Å².